The molecule has 21 heavy (non-hydrogen) atoms. The minimum absolute atomic E-state index is 0.0480. The van der Waals surface area contributed by atoms with Gasteiger partial charge >= 0.3 is 0 Å². The van der Waals surface area contributed by atoms with Crippen molar-refractivity contribution in [2.75, 3.05) is 32.4 Å². The minimum atomic E-state index is 0.0480. The van der Waals surface area contributed by atoms with Gasteiger partial charge in [0.05, 0.1) is 0 Å². The summed E-state index contributed by atoms with van der Waals surface area (Å²) in [6, 6.07) is 7.92. The zero-order valence-corrected chi connectivity index (χ0v) is 13.8. The van der Waals surface area contributed by atoms with Crippen LogP contribution in [0.25, 0.3) is 0 Å². The molecule has 1 aromatic rings. The highest BCUT2D eigenvalue weighted by Crippen LogP contribution is 2.11. The first-order valence-corrected chi connectivity index (χ1v) is 9.27. The lowest BCUT2D eigenvalue weighted by atomic mass is 10.1. The molecule has 1 saturated heterocycles. The van der Waals surface area contributed by atoms with Crippen LogP contribution in [0.5, 0.6) is 0 Å². The Kier molecular flexibility index (Phi) is 7.10. The van der Waals surface area contributed by atoms with E-state index in [1.807, 2.05) is 24.3 Å². The van der Waals surface area contributed by atoms with Gasteiger partial charge in [-0.3, -0.25) is 4.79 Å². The second-order valence-corrected chi connectivity index (χ2v) is 6.51. The lowest BCUT2D eigenvalue weighted by Crippen LogP contribution is -2.26. The number of unbranched alkanes of at least 4 members (excludes halogenated alkanes) is 1. The van der Waals surface area contributed by atoms with Crippen LogP contribution in [0.4, 0.5) is 0 Å². The number of likely N-dealkylation sites (tertiary alicyclic amines) is 1. The lowest BCUT2D eigenvalue weighted by molar-refractivity contribution is 0.0952. The van der Waals surface area contributed by atoms with Crippen LogP contribution < -0.4 is 5.32 Å². The number of rotatable bonds is 8. The summed E-state index contributed by atoms with van der Waals surface area (Å²) in [6.45, 7) is 4.47. The maximum Gasteiger partial charge on any atom is 0.251 e. The van der Waals surface area contributed by atoms with Crippen LogP contribution in [-0.2, 0) is 5.75 Å². The molecule has 0 radical (unpaired) electrons. The smallest absolute Gasteiger partial charge is 0.251 e. The second-order valence-electron chi connectivity index (χ2n) is 5.64. The molecule has 0 bridgehead atoms. The molecule has 0 spiro atoms. The van der Waals surface area contributed by atoms with Crippen molar-refractivity contribution in [3.05, 3.63) is 35.4 Å². The zero-order chi connectivity index (χ0) is 14.9. The van der Waals surface area contributed by atoms with Crippen LogP contribution >= 0.6 is 11.8 Å². The topological polar surface area (TPSA) is 32.3 Å². The maximum atomic E-state index is 12.0. The number of thioether (sulfide) groups is 1. The van der Waals surface area contributed by atoms with Gasteiger partial charge in [0.2, 0.25) is 0 Å². The molecule has 1 aliphatic heterocycles. The molecule has 0 atom stereocenters. The van der Waals surface area contributed by atoms with E-state index in [2.05, 4.69) is 16.5 Å². The zero-order valence-electron chi connectivity index (χ0n) is 12.9. The fraction of sp³-hybridized carbons (Fsp3) is 0.588. The molecule has 116 valence electrons. The molecular weight excluding hydrogens is 280 g/mol. The van der Waals surface area contributed by atoms with Gasteiger partial charge in [0.1, 0.15) is 0 Å². The van der Waals surface area contributed by atoms with Crippen LogP contribution in [0.1, 0.15) is 41.6 Å². The van der Waals surface area contributed by atoms with Crippen molar-refractivity contribution in [3.8, 4) is 0 Å². The minimum Gasteiger partial charge on any atom is -0.352 e. The Labute approximate surface area is 132 Å². The fourth-order valence-corrected chi connectivity index (χ4v) is 3.22. The molecule has 3 nitrogen and oxygen atoms in total. The van der Waals surface area contributed by atoms with Crippen molar-refractivity contribution in [1.29, 1.82) is 0 Å². The first kappa shape index (κ1) is 16.4. The molecule has 1 N–H and O–H groups in total. The molecule has 1 fully saturated rings. The monoisotopic (exact) mass is 306 g/mol. The summed E-state index contributed by atoms with van der Waals surface area (Å²) in [6.07, 6.45) is 7.02. The van der Waals surface area contributed by atoms with E-state index < -0.39 is 0 Å². The number of hydrogen-bond acceptors (Lipinski definition) is 3. The van der Waals surface area contributed by atoms with Crippen LogP contribution in [-0.4, -0.2) is 43.2 Å². The summed E-state index contributed by atoms with van der Waals surface area (Å²) in [5, 5.41) is 3.01. The highest BCUT2D eigenvalue weighted by molar-refractivity contribution is 7.97. The number of nitrogens with one attached hydrogen (secondary N) is 1. The SMILES string of the molecule is CSCc1ccc(C(=O)NCCCCN2CCCC2)cc1. The van der Waals surface area contributed by atoms with Gasteiger partial charge in [0.15, 0.2) is 0 Å². The molecule has 1 heterocycles. The Hall–Kier alpha value is -1.00. The summed E-state index contributed by atoms with van der Waals surface area (Å²) < 4.78 is 0. The summed E-state index contributed by atoms with van der Waals surface area (Å²) in [5.41, 5.74) is 2.03. The quantitative estimate of drug-likeness (QED) is 0.749. The van der Waals surface area contributed by atoms with Gasteiger partial charge < -0.3 is 10.2 Å². The van der Waals surface area contributed by atoms with E-state index in [1.165, 1.54) is 44.5 Å². The van der Waals surface area contributed by atoms with Crippen molar-refractivity contribution < 1.29 is 4.79 Å². The van der Waals surface area contributed by atoms with Gasteiger partial charge in [-0.2, -0.15) is 11.8 Å². The third-order valence-electron chi connectivity index (χ3n) is 3.91. The van der Waals surface area contributed by atoms with Crippen LogP contribution in [0, 0.1) is 0 Å². The summed E-state index contributed by atoms with van der Waals surface area (Å²) >= 11 is 1.79. The highest BCUT2D eigenvalue weighted by atomic mass is 32.2. The molecule has 2 rings (SSSR count). The largest absolute Gasteiger partial charge is 0.352 e. The third-order valence-corrected chi connectivity index (χ3v) is 4.53. The Bertz CT molecular complexity index is 427. The van der Waals surface area contributed by atoms with Crippen molar-refractivity contribution >= 4 is 17.7 Å². The van der Waals surface area contributed by atoms with Crippen LogP contribution in [0.3, 0.4) is 0 Å². The van der Waals surface area contributed by atoms with Gasteiger partial charge in [-0.15, -0.1) is 0 Å². The van der Waals surface area contributed by atoms with Crippen molar-refractivity contribution in [3.63, 3.8) is 0 Å². The van der Waals surface area contributed by atoms with Crippen molar-refractivity contribution in [2.24, 2.45) is 0 Å². The fourth-order valence-electron chi connectivity index (χ4n) is 2.69. The van der Waals surface area contributed by atoms with Gasteiger partial charge in [-0.1, -0.05) is 12.1 Å². The van der Waals surface area contributed by atoms with Gasteiger partial charge in [-0.25, -0.2) is 0 Å². The second kappa shape index (κ2) is 9.11. The predicted octanol–water partition coefficient (Wildman–Crippen LogP) is 3.16. The molecule has 1 aliphatic rings. The molecule has 1 aromatic carbocycles. The Morgan fingerprint density at radius 1 is 1.19 bits per heavy atom. The lowest BCUT2D eigenvalue weighted by Gasteiger charge is -2.14. The standard InChI is InChI=1S/C17H26N2OS/c1-21-14-15-6-8-16(9-7-15)17(20)18-10-2-3-11-19-12-4-5-13-19/h6-9H,2-5,10-14H2,1H3,(H,18,20). The molecule has 1 amide bonds. The molecule has 0 saturated carbocycles. The molecule has 0 unspecified atom stereocenters. The molecule has 4 heteroatoms. The Morgan fingerprint density at radius 3 is 2.57 bits per heavy atom. The number of nitrogens with zero attached hydrogens (tertiary/aromatic N) is 1. The number of amides is 1. The number of carbonyl (C=O) groups excluding carboxylic acids is 1. The van der Waals surface area contributed by atoms with E-state index in [4.69, 9.17) is 0 Å². The molecule has 0 aliphatic carbocycles. The average molecular weight is 306 g/mol. The highest BCUT2D eigenvalue weighted by Gasteiger charge is 2.10. The van der Waals surface area contributed by atoms with Crippen molar-refractivity contribution in [2.45, 2.75) is 31.4 Å². The predicted molar refractivity (Wildman–Crippen MR) is 90.9 cm³/mol. The van der Waals surface area contributed by atoms with Crippen LogP contribution in [0.2, 0.25) is 0 Å². The van der Waals surface area contributed by atoms with E-state index in [-0.39, 0.29) is 5.91 Å². The van der Waals surface area contributed by atoms with E-state index >= 15 is 0 Å². The third kappa shape index (κ3) is 5.71. The first-order valence-electron chi connectivity index (χ1n) is 7.88. The molecule has 0 aromatic heterocycles. The number of hydrogen-bond donors (Lipinski definition) is 1. The number of benzene rings is 1. The summed E-state index contributed by atoms with van der Waals surface area (Å²) in [7, 11) is 0. The summed E-state index contributed by atoms with van der Waals surface area (Å²) in [4.78, 5) is 14.5. The normalized spacial score (nSPS) is 15.3. The van der Waals surface area contributed by atoms with E-state index in [0.29, 0.717) is 0 Å². The first-order chi connectivity index (χ1) is 10.3. The van der Waals surface area contributed by atoms with E-state index in [0.717, 1.165) is 24.3 Å². The number of carbonyl (C=O) groups is 1. The Morgan fingerprint density at radius 2 is 1.90 bits per heavy atom. The van der Waals surface area contributed by atoms with Crippen molar-refractivity contribution in [1.82, 2.24) is 10.2 Å². The van der Waals surface area contributed by atoms with E-state index in [9.17, 15) is 4.79 Å². The van der Waals surface area contributed by atoms with Crippen LogP contribution in [0.15, 0.2) is 24.3 Å². The Balaban J connectivity index is 1.62. The van der Waals surface area contributed by atoms with Gasteiger partial charge in [0.25, 0.3) is 5.91 Å². The van der Waals surface area contributed by atoms with E-state index in [1.54, 1.807) is 11.8 Å². The maximum absolute atomic E-state index is 12.0. The average Bonchev–Trinajstić information content (AvgIpc) is 3.01. The van der Waals surface area contributed by atoms with Gasteiger partial charge in [0, 0.05) is 17.9 Å². The molecular formula is C17H26N2OS. The summed E-state index contributed by atoms with van der Waals surface area (Å²) in [5.74, 6) is 1.05. The van der Waals surface area contributed by atoms with Gasteiger partial charge in [-0.05, 0) is 69.3 Å².